The highest BCUT2D eigenvalue weighted by Gasteiger charge is 2.20. The monoisotopic (exact) mass is 391 g/mol. The van der Waals surface area contributed by atoms with Crippen LogP contribution in [0.2, 0.25) is 0 Å². The molecule has 1 saturated heterocycles. The molecular formula is C20H21N7O2. The first kappa shape index (κ1) is 17.5. The van der Waals surface area contributed by atoms with Crippen LogP contribution in [-0.4, -0.2) is 52.9 Å². The van der Waals surface area contributed by atoms with Crippen LogP contribution in [0.4, 0.5) is 17.6 Å². The largest absolute Gasteiger partial charge is 0.454 e. The van der Waals surface area contributed by atoms with Crippen molar-refractivity contribution in [3.8, 4) is 11.5 Å². The second-order valence-corrected chi connectivity index (χ2v) is 6.83. The number of benzene rings is 1. The van der Waals surface area contributed by atoms with E-state index < -0.39 is 0 Å². The van der Waals surface area contributed by atoms with Gasteiger partial charge in [-0.2, -0.15) is 0 Å². The van der Waals surface area contributed by atoms with Crippen LogP contribution in [0.15, 0.2) is 49.1 Å². The summed E-state index contributed by atoms with van der Waals surface area (Å²) in [5.41, 5.74) is 1.10. The molecule has 2 aliphatic heterocycles. The molecule has 1 N–H and O–H groups in total. The molecule has 5 rings (SSSR count). The van der Waals surface area contributed by atoms with Gasteiger partial charge in [-0.1, -0.05) is 6.07 Å². The van der Waals surface area contributed by atoms with Crippen LogP contribution >= 0.6 is 0 Å². The lowest BCUT2D eigenvalue weighted by Gasteiger charge is -2.35. The molecule has 4 heterocycles. The molecule has 148 valence electrons. The van der Waals surface area contributed by atoms with Crippen LogP contribution in [0.25, 0.3) is 0 Å². The Bertz CT molecular complexity index is 978. The van der Waals surface area contributed by atoms with Gasteiger partial charge in [0.05, 0.1) is 0 Å². The van der Waals surface area contributed by atoms with Gasteiger partial charge in [0.2, 0.25) is 12.7 Å². The lowest BCUT2D eigenvalue weighted by Crippen LogP contribution is -2.47. The number of piperazine rings is 1. The van der Waals surface area contributed by atoms with Gasteiger partial charge in [-0.05, 0) is 23.8 Å². The number of nitrogens with zero attached hydrogens (tertiary/aromatic N) is 6. The highest BCUT2D eigenvalue weighted by Crippen LogP contribution is 2.32. The van der Waals surface area contributed by atoms with Crippen molar-refractivity contribution in [1.29, 1.82) is 0 Å². The van der Waals surface area contributed by atoms with Crippen LogP contribution < -0.4 is 24.6 Å². The molecule has 1 aromatic carbocycles. The second-order valence-electron chi connectivity index (χ2n) is 6.83. The van der Waals surface area contributed by atoms with Crippen molar-refractivity contribution in [3.63, 3.8) is 0 Å². The van der Waals surface area contributed by atoms with E-state index in [1.165, 1.54) is 0 Å². The minimum atomic E-state index is 0.283. The maximum absolute atomic E-state index is 5.44. The molecule has 0 bridgehead atoms. The molecule has 2 aromatic heterocycles. The van der Waals surface area contributed by atoms with Gasteiger partial charge >= 0.3 is 0 Å². The Labute approximate surface area is 168 Å². The number of rotatable bonds is 5. The standard InChI is InChI=1S/C20H21N7O2/c1-4-21-20(22-5-1)27-8-6-26(7-9-27)19-11-18(24-13-25-19)23-12-15-2-3-16-17(10-15)29-14-28-16/h1-5,10-11,13H,6-9,12,14H2,(H,23,24,25). The van der Waals surface area contributed by atoms with Crippen molar-refractivity contribution in [2.75, 3.05) is 48.1 Å². The van der Waals surface area contributed by atoms with E-state index in [0.717, 1.165) is 60.8 Å². The Hall–Kier alpha value is -3.62. The van der Waals surface area contributed by atoms with Gasteiger partial charge in [0.15, 0.2) is 11.5 Å². The zero-order chi connectivity index (χ0) is 19.5. The third-order valence-electron chi connectivity index (χ3n) is 5.00. The summed E-state index contributed by atoms with van der Waals surface area (Å²) in [6.07, 6.45) is 5.15. The number of nitrogens with one attached hydrogen (secondary N) is 1. The third-order valence-corrected chi connectivity index (χ3v) is 5.00. The van der Waals surface area contributed by atoms with Crippen LogP contribution in [-0.2, 0) is 6.54 Å². The number of hydrogen-bond donors (Lipinski definition) is 1. The quantitative estimate of drug-likeness (QED) is 0.701. The molecule has 0 atom stereocenters. The average Bonchev–Trinajstić information content (AvgIpc) is 3.27. The Balaban J connectivity index is 1.20. The number of hydrogen-bond acceptors (Lipinski definition) is 9. The molecule has 0 amide bonds. The first-order chi connectivity index (χ1) is 14.3. The average molecular weight is 391 g/mol. The Morgan fingerprint density at radius 3 is 2.52 bits per heavy atom. The van der Waals surface area contributed by atoms with Crippen LogP contribution in [0, 0.1) is 0 Å². The zero-order valence-electron chi connectivity index (χ0n) is 15.9. The number of aromatic nitrogens is 4. The molecular weight excluding hydrogens is 370 g/mol. The Morgan fingerprint density at radius 1 is 0.862 bits per heavy atom. The fraction of sp³-hybridized carbons (Fsp3) is 0.300. The SMILES string of the molecule is c1cnc(N2CCN(c3cc(NCc4ccc5c(c4)OCO5)ncn3)CC2)nc1. The summed E-state index contributed by atoms with van der Waals surface area (Å²) in [5, 5.41) is 3.36. The zero-order valence-corrected chi connectivity index (χ0v) is 15.9. The summed E-state index contributed by atoms with van der Waals surface area (Å²) < 4.78 is 10.8. The molecule has 9 nitrogen and oxygen atoms in total. The number of fused-ring (bicyclic) bond motifs is 1. The first-order valence-electron chi connectivity index (χ1n) is 9.56. The lowest BCUT2D eigenvalue weighted by molar-refractivity contribution is 0.174. The van der Waals surface area contributed by atoms with E-state index in [1.54, 1.807) is 18.7 Å². The molecule has 0 spiro atoms. The van der Waals surface area contributed by atoms with Gasteiger partial charge in [-0.15, -0.1) is 0 Å². The van der Waals surface area contributed by atoms with E-state index in [0.29, 0.717) is 6.54 Å². The van der Waals surface area contributed by atoms with Gasteiger partial charge in [-0.25, -0.2) is 19.9 Å². The van der Waals surface area contributed by atoms with Gasteiger partial charge in [0, 0.05) is 51.2 Å². The molecule has 0 aliphatic carbocycles. The van der Waals surface area contributed by atoms with Crippen molar-refractivity contribution in [2.45, 2.75) is 6.54 Å². The normalized spacial score (nSPS) is 15.4. The minimum absolute atomic E-state index is 0.283. The predicted molar refractivity (Wildman–Crippen MR) is 108 cm³/mol. The summed E-state index contributed by atoms with van der Waals surface area (Å²) in [6.45, 7) is 4.35. The van der Waals surface area contributed by atoms with Crippen molar-refractivity contribution >= 4 is 17.6 Å². The molecule has 0 unspecified atom stereocenters. The van der Waals surface area contributed by atoms with E-state index in [1.807, 2.05) is 30.3 Å². The smallest absolute Gasteiger partial charge is 0.231 e. The first-order valence-corrected chi connectivity index (χ1v) is 9.56. The number of ether oxygens (including phenoxy) is 2. The molecule has 3 aromatic rings. The van der Waals surface area contributed by atoms with E-state index in [-0.39, 0.29) is 6.79 Å². The fourth-order valence-electron chi connectivity index (χ4n) is 3.45. The van der Waals surface area contributed by atoms with Crippen molar-refractivity contribution in [1.82, 2.24) is 19.9 Å². The molecule has 29 heavy (non-hydrogen) atoms. The van der Waals surface area contributed by atoms with Crippen LogP contribution in [0.1, 0.15) is 5.56 Å². The predicted octanol–water partition coefficient (Wildman–Crippen LogP) is 1.93. The molecule has 1 fully saturated rings. The molecule has 9 heteroatoms. The van der Waals surface area contributed by atoms with Crippen LogP contribution in [0.3, 0.4) is 0 Å². The maximum atomic E-state index is 5.44. The molecule has 2 aliphatic rings. The van der Waals surface area contributed by atoms with Crippen molar-refractivity contribution in [3.05, 3.63) is 54.6 Å². The van der Waals surface area contributed by atoms with Crippen LogP contribution in [0.5, 0.6) is 11.5 Å². The summed E-state index contributed by atoms with van der Waals surface area (Å²) in [5.74, 6) is 4.07. The highest BCUT2D eigenvalue weighted by atomic mass is 16.7. The van der Waals surface area contributed by atoms with E-state index in [2.05, 4.69) is 35.1 Å². The Morgan fingerprint density at radius 2 is 1.66 bits per heavy atom. The number of anilines is 3. The summed E-state index contributed by atoms with van der Waals surface area (Å²) in [4.78, 5) is 21.9. The van der Waals surface area contributed by atoms with E-state index in [4.69, 9.17) is 9.47 Å². The summed E-state index contributed by atoms with van der Waals surface area (Å²) in [7, 11) is 0. The lowest BCUT2D eigenvalue weighted by atomic mass is 10.2. The van der Waals surface area contributed by atoms with Crippen molar-refractivity contribution < 1.29 is 9.47 Å². The van der Waals surface area contributed by atoms with Gasteiger partial charge in [0.1, 0.15) is 18.0 Å². The highest BCUT2D eigenvalue weighted by molar-refractivity contribution is 5.51. The second kappa shape index (κ2) is 7.78. The summed E-state index contributed by atoms with van der Waals surface area (Å²) in [6, 6.07) is 9.76. The topological polar surface area (TPSA) is 88.5 Å². The summed E-state index contributed by atoms with van der Waals surface area (Å²) >= 11 is 0. The van der Waals surface area contributed by atoms with Gasteiger partial charge in [0.25, 0.3) is 0 Å². The molecule has 0 radical (unpaired) electrons. The van der Waals surface area contributed by atoms with Crippen molar-refractivity contribution in [2.24, 2.45) is 0 Å². The Kier molecular flexibility index (Phi) is 4.69. The van der Waals surface area contributed by atoms with Gasteiger partial charge in [-0.3, -0.25) is 0 Å². The van der Waals surface area contributed by atoms with E-state index >= 15 is 0 Å². The maximum Gasteiger partial charge on any atom is 0.231 e. The molecule has 0 saturated carbocycles. The van der Waals surface area contributed by atoms with E-state index in [9.17, 15) is 0 Å². The third kappa shape index (κ3) is 3.84. The minimum Gasteiger partial charge on any atom is -0.454 e. The fourth-order valence-corrected chi connectivity index (χ4v) is 3.45. The van der Waals surface area contributed by atoms with Gasteiger partial charge < -0.3 is 24.6 Å².